The lowest BCUT2D eigenvalue weighted by molar-refractivity contribution is -0.132. The topological polar surface area (TPSA) is 67.8 Å². The smallest absolute Gasteiger partial charge is 0.331 e. The monoisotopic (exact) mass is 299 g/mol. The number of benzene rings is 1. The maximum atomic E-state index is 10.9. The molecule has 20 heavy (non-hydrogen) atoms. The van der Waals surface area contributed by atoms with Crippen molar-refractivity contribution in [2.24, 2.45) is 0 Å². The zero-order chi connectivity index (χ0) is 15.1. The molecule has 0 aliphatic rings. The van der Waals surface area contributed by atoms with Crippen LogP contribution in [0.25, 0.3) is 0 Å². The van der Waals surface area contributed by atoms with E-state index in [2.05, 4.69) is 5.32 Å². The third kappa shape index (κ3) is 4.06. The zero-order valence-corrected chi connectivity index (χ0v) is 12.5. The first-order chi connectivity index (χ1) is 9.53. The second-order valence-corrected chi connectivity index (χ2v) is 4.36. The van der Waals surface area contributed by atoms with Gasteiger partial charge in [0.2, 0.25) is 0 Å². The van der Waals surface area contributed by atoms with E-state index >= 15 is 0 Å². The summed E-state index contributed by atoms with van der Waals surface area (Å²) >= 11 is 6.01. The third-order valence-electron chi connectivity index (χ3n) is 2.77. The van der Waals surface area contributed by atoms with E-state index in [0.29, 0.717) is 40.7 Å². The molecule has 0 amide bonds. The van der Waals surface area contributed by atoms with Gasteiger partial charge in [0, 0.05) is 24.3 Å². The van der Waals surface area contributed by atoms with Crippen LogP contribution < -0.4 is 14.8 Å². The van der Waals surface area contributed by atoms with Crippen LogP contribution in [0.1, 0.15) is 13.3 Å². The molecular weight excluding hydrogens is 282 g/mol. The van der Waals surface area contributed by atoms with Gasteiger partial charge in [0.1, 0.15) is 11.5 Å². The molecular formula is C14H18ClNO4. The molecule has 0 fully saturated rings. The van der Waals surface area contributed by atoms with Crippen molar-refractivity contribution in [1.29, 1.82) is 0 Å². The molecule has 0 aliphatic heterocycles. The molecule has 1 aromatic carbocycles. The van der Waals surface area contributed by atoms with Crippen molar-refractivity contribution in [3.8, 4) is 11.5 Å². The van der Waals surface area contributed by atoms with E-state index < -0.39 is 5.97 Å². The number of carbonyl (C=O) groups is 1. The molecule has 1 rings (SSSR count). The van der Waals surface area contributed by atoms with Gasteiger partial charge in [0.25, 0.3) is 0 Å². The minimum Gasteiger partial charge on any atom is -0.495 e. The van der Waals surface area contributed by atoms with E-state index in [4.69, 9.17) is 26.2 Å². The number of nitrogens with one attached hydrogen (secondary N) is 1. The summed E-state index contributed by atoms with van der Waals surface area (Å²) in [5, 5.41) is 12.5. The summed E-state index contributed by atoms with van der Waals surface area (Å²) in [6, 6.07) is 3.35. The summed E-state index contributed by atoms with van der Waals surface area (Å²) in [6.07, 6.45) is 2.10. The molecule has 0 atom stereocenters. The van der Waals surface area contributed by atoms with E-state index in [1.165, 1.54) is 14.2 Å². The molecule has 5 nitrogen and oxygen atoms in total. The lowest BCUT2D eigenvalue weighted by Gasteiger charge is -2.13. The Hall–Kier alpha value is -1.88. The van der Waals surface area contributed by atoms with Crippen LogP contribution in [0.2, 0.25) is 5.02 Å². The lowest BCUT2D eigenvalue weighted by atomic mass is 10.2. The van der Waals surface area contributed by atoms with E-state index in [-0.39, 0.29) is 0 Å². The molecule has 2 N–H and O–H groups in total. The van der Waals surface area contributed by atoms with Crippen LogP contribution in [0.5, 0.6) is 11.5 Å². The quantitative estimate of drug-likeness (QED) is 0.757. The van der Waals surface area contributed by atoms with Crippen LogP contribution in [0.15, 0.2) is 23.8 Å². The highest BCUT2D eigenvalue weighted by molar-refractivity contribution is 6.32. The SMILES string of the molecule is CC/C(=C/CNc1cc(OC)c(Cl)cc1OC)C(=O)O. The number of hydrogen-bond acceptors (Lipinski definition) is 4. The van der Waals surface area contributed by atoms with Gasteiger partial charge < -0.3 is 19.9 Å². The Kier molecular flexibility index (Phi) is 6.18. The van der Waals surface area contributed by atoms with Crippen molar-refractivity contribution in [1.82, 2.24) is 0 Å². The standard InChI is InChI=1S/C14H18ClNO4/c1-4-9(14(17)18)5-6-16-11-8-12(19-2)10(15)7-13(11)20-3/h5,7-8,16H,4,6H2,1-3H3,(H,17,18)/b9-5-. The Labute approximate surface area is 123 Å². The fraction of sp³-hybridized carbons (Fsp3) is 0.357. The molecule has 0 spiro atoms. The van der Waals surface area contributed by atoms with E-state index in [1.54, 1.807) is 25.1 Å². The van der Waals surface area contributed by atoms with Gasteiger partial charge in [0.05, 0.1) is 24.9 Å². The second-order valence-electron chi connectivity index (χ2n) is 3.96. The van der Waals surface area contributed by atoms with Crippen molar-refractivity contribution < 1.29 is 19.4 Å². The minimum absolute atomic E-state index is 0.359. The molecule has 0 radical (unpaired) electrons. The van der Waals surface area contributed by atoms with Crippen molar-refractivity contribution in [3.63, 3.8) is 0 Å². The van der Waals surface area contributed by atoms with Crippen molar-refractivity contribution >= 4 is 23.3 Å². The normalized spacial score (nSPS) is 11.1. The predicted molar refractivity (Wildman–Crippen MR) is 79.1 cm³/mol. The highest BCUT2D eigenvalue weighted by Crippen LogP contribution is 2.35. The van der Waals surface area contributed by atoms with Gasteiger partial charge in [0.15, 0.2) is 0 Å². The number of halogens is 1. The highest BCUT2D eigenvalue weighted by Gasteiger charge is 2.09. The molecule has 6 heteroatoms. The first-order valence-electron chi connectivity index (χ1n) is 6.11. The Balaban J connectivity index is 2.89. The van der Waals surface area contributed by atoms with Gasteiger partial charge in [-0.2, -0.15) is 0 Å². The molecule has 110 valence electrons. The number of ether oxygens (including phenoxy) is 2. The van der Waals surface area contributed by atoms with Crippen molar-refractivity contribution in [3.05, 3.63) is 28.8 Å². The largest absolute Gasteiger partial charge is 0.495 e. The number of anilines is 1. The van der Waals surface area contributed by atoms with Gasteiger partial charge in [-0.1, -0.05) is 24.6 Å². The number of methoxy groups -OCH3 is 2. The number of aliphatic carboxylic acids is 1. The summed E-state index contributed by atoms with van der Waals surface area (Å²) in [5.41, 5.74) is 1.04. The molecule has 0 heterocycles. The molecule has 0 saturated carbocycles. The molecule has 0 saturated heterocycles. The van der Waals surface area contributed by atoms with E-state index in [1.807, 2.05) is 0 Å². The molecule has 0 aromatic heterocycles. The van der Waals surface area contributed by atoms with Crippen molar-refractivity contribution in [2.75, 3.05) is 26.1 Å². The Morgan fingerprint density at radius 1 is 1.35 bits per heavy atom. The van der Waals surface area contributed by atoms with E-state index in [0.717, 1.165) is 0 Å². The predicted octanol–water partition coefficient (Wildman–Crippen LogP) is 3.19. The van der Waals surface area contributed by atoms with Crippen LogP contribution >= 0.6 is 11.6 Å². The Bertz CT molecular complexity index is 514. The van der Waals surface area contributed by atoms with Crippen molar-refractivity contribution in [2.45, 2.75) is 13.3 Å². The Morgan fingerprint density at radius 2 is 2.00 bits per heavy atom. The molecule has 1 aromatic rings. The third-order valence-corrected chi connectivity index (χ3v) is 3.07. The van der Waals surface area contributed by atoms with Crippen LogP contribution in [0, 0.1) is 0 Å². The first kappa shape index (κ1) is 16.2. The van der Waals surface area contributed by atoms with Crippen LogP contribution in [-0.2, 0) is 4.79 Å². The zero-order valence-electron chi connectivity index (χ0n) is 11.7. The number of carboxylic acids is 1. The maximum absolute atomic E-state index is 10.9. The van der Waals surface area contributed by atoms with Gasteiger partial charge in [-0.25, -0.2) is 4.79 Å². The van der Waals surface area contributed by atoms with Crippen LogP contribution in [0.4, 0.5) is 5.69 Å². The average molecular weight is 300 g/mol. The summed E-state index contributed by atoms with van der Waals surface area (Å²) < 4.78 is 10.4. The number of hydrogen-bond donors (Lipinski definition) is 2. The van der Waals surface area contributed by atoms with Gasteiger partial charge in [-0.3, -0.25) is 0 Å². The van der Waals surface area contributed by atoms with E-state index in [9.17, 15) is 4.79 Å². The Morgan fingerprint density at radius 3 is 2.50 bits per heavy atom. The summed E-state index contributed by atoms with van der Waals surface area (Å²) in [7, 11) is 3.06. The second kappa shape index (κ2) is 7.65. The maximum Gasteiger partial charge on any atom is 0.331 e. The molecule has 0 unspecified atom stereocenters. The summed E-state index contributed by atoms with van der Waals surface area (Å²) in [6.45, 7) is 2.17. The fourth-order valence-electron chi connectivity index (χ4n) is 1.67. The van der Waals surface area contributed by atoms with Gasteiger partial charge >= 0.3 is 5.97 Å². The summed E-state index contributed by atoms with van der Waals surface area (Å²) in [5.74, 6) is 0.181. The number of rotatable bonds is 7. The van der Waals surface area contributed by atoms with Gasteiger partial charge in [-0.15, -0.1) is 0 Å². The average Bonchev–Trinajstić information content (AvgIpc) is 2.43. The fourth-order valence-corrected chi connectivity index (χ4v) is 1.90. The van der Waals surface area contributed by atoms with Crippen LogP contribution in [0.3, 0.4) is 0 Å². The molecule has 0 bridgehead atoms. The first-order valence-corrected chi connectivity index (χ1v) is 6.49. The lowest BCUT2D eigenvalue weighted by Crippen LogP contribution is -2.06. The van der Waals surface area contributed by atoms with Crippen LogP contribution in [-0.4, -0.2) is 31.8 Å². The van der Waals surface area contributed by atoms with Gasteiger partial charge in [-0.05, 0) is 6.42 Å². The summed E-state index contributed by atoms with van der Waals surface area (Å²) in [4.78, 5) is 10.9. The highest BCUT2D eigenvalue weighted by atomic mass is 35.5. The number of carboxylic acid groups (broad SMARTS) is 1. The minimum atomic E-state index is -0.907. The molecule has 0 aliphatic carbocycles.